The van der Waals surface area contributed by atoms with E-state index in [0.717, 1.165) is 5.82 Å². The number of aromatic nitrogens is 2. The Morgan fingerprint density at radius 3 is 2.10 bits per heavy atom. The van der Waals surface area contributed by atoms with Crippen molar-refractivity contribution < 1.29 is 0 Å². The van der Waals surface area contributed by atoms with Gasteiger partial charge in [0.1, 0.15) is 5.82 Å². The summed E-state index contributed by atoms with van der Waals surface area (Å²) in [6.45, 7) is 13.8. The number of hydrogen-bond acceptors (Lipinski definition) is 1. The van der Waals surface area contributed by atoms with Crippen LogP contribution in [0.1, 0.15) is 98.0 Å². The Labute approximate surface area is 125 Å². The predicted molar refractivity (Wildman–Crippen MR) is 88.3 cm³/mol. The normalized spacial score (nSPS) is 12.9. The van der Waals surface area contributed by atoms with Crippen LogP contribution in [0.2, 0.25) is 0 Å². The fraction of sp³-hybridized carbons (Fsp3) is 0.833. The van der Waals surface area contributed by atoms with Crippen molar-refractivity contribution in [1.82, 2.24) is 9.97 Å². The largest absolute Gasteiger partial charge is 0.345 e. The van der Waals surface area contributed by atoms with Crippen LogP contribution in [0.5, 0.6) is 0 Å². The highest BCUT2D eigenvalue weighted by atomic mass is 14.9. The maximum atomic E-state index is 4.69. The topological polar surface area (TPSA) is 28.7 Å². The maximum absolute atomic E-state index is 4.69. The van der Waals surface area contributed by atoms with Gasteiger partial charge < -0.3 is 4.98 Å². The molecule has 0 fully saturated rings. The van der Waals surface area contributed by atoms with Gasteiger partial charge in [0.25, 0.3) is 0 Å². The molecule has 0 radical (unpaired) electrons. The van der Waals surface area contributed by atoms with Crippen molar-refractivity contribution in [1.29, 1.82) is 0 Å². The number of imidazole rings is 1. The molecule has 1 aromatic heterocycles. The molecule has 0 aromatic carbocycles. The van der Waals surface area contributed by atoms with Gasteiger partial charge in [-0.15, -0.1) is 0 Å². The molecule has 1 rings (SSSR count). The van der Waals surface area contributed by atoms with E-state index in [1.165, 1.54) is 50.6 Å². The average molecular weight is 278 g/mol. The van der Waals surface area contributed by atoms with Gasteiger partial charge in [-0.2, -0.15) is 0 Å². The molecular formula is C18H34N2. The van der Waals surface area contributed by atoms with Crippen LogP contribution >= 0.6 is 0 Å². The van der Waals surface area contributed by atoms with Gasteiger partial charge in [0.2, 0.25) is 0 Å². The van der Waals surface area contributed by atoms with Crippen molar-refractivity contribution >= 4 is 0 Å². The zero-order valence-corrected chi connectivity index (χ0v) is 14.5. The third-order valence-electron chi connectivity index (χ3n) is 4.51. The molecule has 0 aliphatic carbocycles. The van der Waals surface area contributed by atoms with Crippen LogP contribution in [0.4, 0.5) is 0 Å². The summed E-state index contributed by atoms with van der Waals surface area (Å²) in [7, 11) is 0. The van der Waals surface area contributed by atoms with E-state index in [-0.39, 0.29) is 10.8 Å². The third-order valence-corrected chi connectivity index (χ3v) is 4.51. The molecule has 0 atom stereocenters. The Balaban J connectivity index is 2.75. The van der Waals surface area contributed by atoms with Crippen molar-refractivity contribution in [3.8, 4) is 0 Å². The molecule has 0 saturated heterocycles. The van der Waals surface area contributed by atoms with Crippen molar-refractivity contribution in [3.63, 3.8) is 0 Å². The van der Waals surface area contributed by atoms with E-state index in [4.69, 9.17) is 0 Å². The van der Waals surface area contributed by atoms with Crippen molar-refractivity contribution in [3.05, 3.63) is 17.7 Å². The predicted octanol–water partition coefficient (Wildman–Crippen LogP) is 5.74. The van der Waals surface area contributed by atoms with Gasteiger partial charge in [-0.3, -0.25) is 0 Å². The van der Waals surface area contributed by atoms with Gasteiger partial charge in [0, 0.05) is 22.7 Å². The van der Waals surface area contributed by atoms with E-state index in [9.17, 15) is 0 Å². The average Bonchev–Trinajstić information content (AvgIpc) is 2.88. The molecule has 0 saturated carbocycles. The van der Waals surface area contributed by atoms with Gasteiger partial charge in [-0.25, -0.2) is 4.98 Å². The molecule has 116 valence electrons. The quantitative estimate of drug-likeness (QED) is 0.574. The monoisotopic (exact) mass is 278 g/mol. The Morgan fingerprint density at radius 2 is 1.50 bits per heavy atom. The number of aromatic amines is 1. The van der Waals surface area contributed by atoms with Crippen LogP contribution in [-0.2, 0) is 10.8 Å². The lowest BCUT2D eigenvalue weighted by Crippen LogP contribution is -2.21. The Hall–Kier alpha value is -0.790. The summed E-state index contributed by atoms with van der Waals surface area (Å²) in [5.41, 5.74) is 1.67. The third kappa shape index (κ3) is 4.64. The van der Waals surface area contributed by atoms with E-state index in [2.05, 4.69) is 57.7 Å². The summed E-state index contributed by atoms with van der Waals surface area (Å²) in [6.07, 6.45) is 10.9. The molecule has 1 N–H and O–H groups in total. The lowest BCUT2D eigenvalue weighted by atomic mass is 9.84. The molecule has 1 aromatic rings. The van der Waals surface area contributed by atoms with Gasteiger partial charge in [0.15, 0.2) is 0 Å². The van der Waals surface area contributed by atoms with Crippen molar-refractivity contribution in [2.75, 3.05) is 0 Å². The lowest BCUT2D eigenvalue weighted by Gasteiger charge is -2.25. The van der Waals surface area contributed by atoms with Gasteiger partial charge in [-0.05, 0) is 12.8 Å². The van der Waals surface area contributed by atoms with E-state index in [0.29, 0.717) is 0 Å². The summed E-state index contributed by atoms with van der Waals surface area (Å²) < 4.78 is 0. The molecule has 2 heteroatoms. The first-order chi connectivity index (χ1) is 9.33. The fourth-order valence-corrected chi connectivity index (χ4v) is 2.70. The summed E-state index contributed by atoms with van der Waals surface area (Å²) >= 11 is 0. The number of rotatable bonds is 9. The van der Waals surface area contributed by atoms with Crippen molar-refractivity contribution in [2.24, 2.45) is 0 Å². The highest BCUT2D eigenvalue weighted by molar-refractivity contribution is 5.16. The fourth-order valence-electron chi connectivity index (χ4n) is 2.70. The Kier molecular flexibility index (Phi) is 6.29. The summed E-state index contributed by atoms with van der Waals surface area (Å²) in [5.74, 6) is 1.16. The second kappa shape index (κ2) is 7.28. The van der Waals surface area contributed by atoms with E-state index in [1.54, 1.807) is 0 Å². The molecule has 20 heavy (non-hydrogen) atoms. The van der Waals surface area contributed by atoms with Crippen LogP contribution in [0, 0.1) is 0 Å². The van der Waals surface area contributed by atoms with E-state index in [1.807, 2.05) is 0 Å². The molecule has 2 nitrogen and oxygen atoms in total. The Morgan fingerprint density at radius 1 is 0.900 bits per heavy atom. The summed E-state index contributed by atoms with van der Waals surface area (Å²) in [5, 5.41) is 0. The smallest absolute Gasteiger partial charge is 0.111 e. The number of nitrogens with one attached hydrogen (secondary N) is 1. The van der Waals surface area contributed by atoms with Crippen LogP contribution < -0.4 is 0 Å². The molecule has 0 amide bonds. The minimum Gasteiger partial charge on any atom is -0.345 e. The number of H-pyrrole nitrogens is 1. The minimum absolute atomic E-state index is 0.161. The van der Waals surface area contributed by atoms with Gasteiger partial charge in [-0.1, -0.05) is 73.6 Å². The molecule has 0 unspecified atom stereocenters. The molecule has 0 spiro atoms. The number of hydrogen-bond donors (Lipinski definition) is 1. The number of nitrogens with zero attached hydrogens (tertiary/aromatic N) is 1. The standard InChI is InChI=1S/C18H34N2/c1-7-9-11-13-18(5,6)16-19-14-15(20-16)17(3,4)12-10-8-2/h14H,7-13H2,1-6H3,(H,19,20). The summed E-state index contributed by atoms with van der Waals surface area (Å²) in [4.78, 5) is 8.30. The second-order valence-corrected chi connectivity index (χ2v) is 7.47. The summed E-state index contributed by atoms with van der Waals surface area (Å²) in [6, 6.07) is 0. The van der Waals surface area contributed by atoms with Crippen LogP contribution in [-0.4, -0.2) is 9.97 Å². The molecule has 0 aliphatic rings. The van der Waals surface area contributed by atoms with E-state index >= 15 is 0 Å². The maximum Gasteiger partial charge on any atom is 0.111 e. The second-order valence-electron chi connectivity index (χ2n) is 7.47. The molecule has 0 bridgehead atoms. The van der Waals surface area contributed by atoms with Gasteiger partial charge in [0.05, 0.1) is 0 Å². The lowest BCUT2D eigenvalue weighted by molar-refractivity contribution is 0.419. The number of unbranched alkanes of at least 4 members (excludes halogenated alkanes) is 3. The SMILES string of the molecule is CCCCCC(C)(C)c1ncc(C(C)(C)CCCC)[nH]1. The zero-order valence-electron chi connectivity index (χ0n) is 14.5. The first-order valence-electron chi connectivity index (χ1n) is 8.39. The molecule has 1 heterocycles. The highest BCUT2D eigenvalue weighted by Crippen LogP contribution is 2.32. The zero-order chi connectivity index (χ0) is 15.2. The minimum atomic E-state index is 0.161. The van der Waals surface area contributed by atoms with Gasteiger partial charge >= 0.3 is 0 Å². The highest BCUT2D eigenvalue weighted by Gasteiger charge is 2.27. The van der Waals surface area contributed by atoms with Crippen LogP contribution in [0.3, 0.4) is 0 Å². The molecular weight excluding hydrogens is 244 g/mol. The van der Waals surface area contributed by atoms with Crippen LogP contribution in [0.25, 0.3) is 0 Å². The first kappa shape index (κ1) is 17.3. The van der Waals surface area contributed by atoms with Crippen molar-refractivity contribution in [2.45, 2.75) is 97.3 Å². The van der Waals surface area contributed by atoms with E-state index < -0.39 is 0 Å². The first-order valence-corrected chi connectivity index (χ1v) is 8.39. The van der Waals surface area contributed by atoms with Crippen LogP contribution in [0.15, 0.2) is 6.20 Å². The Bertz CT molecular complexity index is 388. The molecule has 0 aliphatic heterocycles.